The quantitative estimate of drug-likeness (QED) is 0.202. The Balaban J connectivity index is 1.35. The molecule has 8 rings (SSSR count). The minimum atomic E-state index is -0.885. The summed E-state index contributed by atoms with van der Waals surface area (Å²) in [6, 6.07) is 41.2. The molecule has 1 unspecified atom stereocenters. The minimum Gasteiger partial charge on any atom is -0.472 e. The van der Waals surface area contributed by atoms with E-state index in [0.29, 0.717) is 0 Å². The number of benzene rings is 6. The van der Waals surface area contributed by atoms with Crippen LogP contribution in [0.4, 0.5) is 4.39 Å². The van der Waals surface area contributed by atoms with Gasteiger partial charge in [-0.2, -0.15) is 0 Å². The van der Waals surface area contributed by atoms with Crippen molar-refractivity contribution in [1.29, 1.82) is 0 Å². The molecule has 44 heavy (non-hydrogen) atoms. The first-order valence-corrected chi connectivity index (χ1v) is 15.9. The van der Waals surface area contributed by atoms with Crippen molar-refractivity contribution in [3.05, 3.63) is 167 Å². The molecule has 0 amide bonds. The molecule has 1 atom stereocenters. The van der Waals surface area contributed by atoms with Gasteiger partial charge in [0.1, 0.15) is 11.6 Å². The molecular formula is C41H31FOS. The van der Waals surface area contributed by atoms with Gasteiger partial charge in [-0.1, -0.05) is 122 Å². The van der Waals surface area contributed by atoms with Crippen LogP contribution in [-0.2, 0) is 11.0 Å². The summed E-state index contributed by atoms with van der Waals surface area (Å²) in [6.07, 6.45) is 4.42. The fourth-order valence-electron chi connectivity index (χ4n) is 7.13. The first-order valence-electron chi connectivity index (χ1n) is 15.0. The van der Waals surface area contributed by atoms with Crippen molar-refractivity contribution >= 4 is 28.6 Å². The fraction of sp³-hybridized carbons (Fsp3) is 0.122. The van der Waals surface area contributed by atoms with Crippen LogP contribution in [0.15, 0.2) is 137 Å². The van der Waals surface area contributed by atoms with Gasteiger partial charge in [-0.3, -0.25) is 0 Å². The molecular weight excluding hydrogens is 560 g/mol. The highest BCUT2D eigenvalue weighted by molar-refractivity contribution is 7.99. The highest BCUT2D eigenvalue weighted by atomic mass is 32.2. The van der Waals surface area contributed by atoms with E-state index in [4.69, 9.17) is 4.74 Å². The van der Waals surface area contributed by atoms with Gasteiger partial charge in [0.05, 0.1) is 0 Å². The van der Waals surface area contributed by atoms with E-state index >= 15 is 4.39 Å². The molecule has 1 nitrogen and oxygen atoms in total. The summed E-state index contributed by atoms with van der Waals surface area (Å²) in [5.74, 6) is 0.455. The zero-order valence-corrected chi connectivity index (χ0v) is 25.7. The Labute approximate surface area is 262 Å². The summed E-state index contributed by atoms with van der Waals surface area (Å²) in [6.45, 7) is 6.73. The lowest BCUT2D eigenvalue weighted by Gasteiger charge is -2.38. The SMILES string of the molecule is Cc1ccc2c(c1)C(C)(C)c1c3c(c4cc(F)ccc4c1-2)OC(c1ccccc1)(c1ccc(Sc2ccccc2)cc1)C=C3. The van der Waals surface area contributed by atoms with Crippen LogP contribution < -0.4 is 4.74 Å². The first-order chi connectivity index (χ1) is 21.3. The van der Waals surface area contributed by atoms with E-state index in [1.54, 1.807) is 23.9 Å². The van der Waals surface area contributed by atoms with E-state index in [9.17, 15) is 0 Å². The molecule has 0 radical (unpaired) electrons. The van der Waals surface area contributed by atoms with E-state index in [1.807, 2.05) is 30.3 Å². The van der Waals surface area contributed by atoms with E-state index in [1.165, 1.54) is 32.7 Å². The Morgan fingerprint density at radius 1 is 0.682 bits per heavy atom. The van der Waals surface area contributed by atoms with Crippen LogP contribution in [0.25, 0.3) is 28.0 Å². The number of ether oxygens (including phenoxy) is 1. The number of halogens is 1. The Hall–Kier alpha value is -4.60. The highest BCUT2D eigenvalue weighted by Gasteiger charge is 2.44. The van der Waals surface area contributed by atoms with Gasteiger partial charge in [-0.15, -0.1) is 0 Å². The molecule has 0 aromatic heterocycles. The summed E-state index contributed by atoms with van der Waals surface area (Å²) in [4.78, 5) is 2.35. The van der Waals surface area contributed by atoms with Crippen LogP contribution in [0.5, 0.6) is 5.75 Å². The molecule has 0 saturated heterocycles. The van der Waals surface area contributed by atoms with Gasteiger partial charge in [0.25, 0.3) is 0 Å². The van der Waals surface area contributed by atoms with E-state index < -0.39 is 5.60 Å². The van der Waals surface area contributed by atoms with Crippen LogP contribution in [0.2, 0.25) is 0 Å². The van der Waals surface area contributed by atoms with E-state index in [-0.39, 0.29) is 11.2 Å². The van der Waals surface area contributed by atoms with Gasteiger partial charge >= 0.3 is 0 Å². The van der Waals surface area contributed by atoms with Gasteiger partial charge in [0.15, 0.2) is 5.60 Å². The standard InChI is InChI=1S/C41H31FOS/c1-26-14-20-33-36(24-26)40(2,3)38-34-22-23-41(27-10-6-4-7-11-27,43-39(34)35-25-29(42)17-21-32(35)37(33)38)28-15-18-31(19-16-28)44-30-12-8-5-9-13-30/h4-25H,1-3H3. The number of rotatable bonds is 4. The number of hydrogen-bond acceptors (Lipinski definition) is 2. The van der Waals surface area contributed by atoms with Gasteiger partial charge in [0.2, 0.25) is 0 Å². The molecule has 0 bridgehead atoms. The molecule has 0 saturated carbocycles. The van der Waals surface area contributed by atoms with Crippen molar-refractivity contribution in [3.8, 4) is 16.9 Å². The maximum absolute atomic E-state index is 15.0. The average Bonchev–Trinajstić information content (AvgIpc) is 3.28. The van der Waals surface area contributed by atoms with Crippen LogP contribution in [0, 0.1) is 12.7 Å². The lowest BCUT2D eigenvalue weighted by molar-refractivity contribution is 0.163. The Morgan fingerprint density at radius 2 is 1.36 bits per heavy atom. The normalized spacial score (nSPS) is 17.5. The van der Waals surface area contributed by atoms with Gasteiger partial charge < -0.3 is 4.74 Å². The molecule has 1 heterocycles. The number of hydrogen-bond donors (Lipinski definition) is 0. The second kappa shape index (κ2) is 9.97. The zero-order valence-electron chi connectivity index (χ0n) is 24.9. The van der Waals surface area contributed by atoms with Crippen molar-refractivity contribution in [3.63, 3.8) is 0 Å². The maximum Gasteiger partial charge on any atom is 0.178 e. The Morgan fingerprint density at radius 3 is 2.11 bits per heavy atom. The molecule has 1 aliphatic carbocycles. The monoisotopic (exact) mass is 590 g/mol. The highest BCUT2D eigenvalue weighted by Crippen LogP contribution is 2.58. The molecule has 0 N–H and O–H groups in total. The summed E-state index contributed by atoms with van der Waals surface area (Å²) in [5, 5.41) is 1.81. The Bertz CT molecular complexity index is 2100. The van der Waals surface area contributed by atoms with Crippen molar-refractivity contribution in [2.24, 2.45) is 0 Å². The molecule has 3 heteroatoms. The Kier molecular flexibility index (Phi) is 6.11. The predicted octanol–water partition coefficient (Wildman–Crippen LogP) is 11.1. The van der Waals surface area contributed by atoms with Gasteiger partial charge in [0, 0.05) is 37.3 Å². The van der Waals surface area contributed by atoms with E-state index in [0.717, 1.165) is 38.1 Å². The molecule has 6 aromatic carbocycles. The second-order valence-corrected chi connectivity index (χ2v) is 13.5. The third-order valence-corrected chi connectivity index (χ3v) is 10.2. The minimum absolute atomic E-state index is 0.250. The smallest absolute Gasteiger partial charge is 0.178 e. The topological polar surface area (TPSA) is 9.23 Å². The van der Waals surface area contributed by atoms with Crippen molar-refractivity contribution in [1.82, 2.24) is 0 Å². The van der Waals surface area contributed by atoms with Crippen LogP contribution >= 0.6 is 11.8 Å². The summed E-state index contributed by atoms with van der Waals surface area (Å²) in [5.41, 5.74) is 8.10. The molecule has 2 aliphatic rings. The molecule has 0 spiro atoms. The van der Waals surface area contributed by atoms with E-state index in [2.05, 4.69) is 112 Å². The third-order valence-electron chi connectivity index (χ3n) is 9.21. The lowest BCUT2D eigenvalue weighted by atomic mass is 9.76. The number of aryl methyl sites for hydroxylation is 1. The molecule has 1 aliphatic heterocycles. The molecule has 0 fully saturated rings. The maximum atomic E-state index is 15.0. The second-order valence-electron chi connectivity index (χ2n) is 12.3. The van der Waals surface area contributed by atoms with Crippen LogP contribution in [0.3, 0.4) is 0 Å². The predicted molar refractivity (Wildman–Crippen MR) is 180 cm³/mol. The lowest BCUT2D eigenvalue weighted by Crippen LogP contribution is -2.35. The van der Waals surface area contributed by atoms with Gasteiger partial charge in [-0.25, -0.2) is 4.39 Å². The van der Waals surface area contributed by atoms with Crippen molar-refractivity contribution in [2.45, 2.75) is 41.6 Å². The van der Waals surface area contributed by atoms with Crippen LogP contribution in [0.1, 0.15) is 47.2 Å². The molecule has 214 valence electrons. The fourth-order valence-corrected chi connectivity index (χ4v) is 7.97. The van der Waals surface area contributed by atoms with Crippen LogP contribution in [-0.4, -0.2) is 0 Å². The van der Waals surface area contributed by atoms with Crippen molar-refractivity contribution < 1.29 is 9.13 Å². The summed E-state index contributed by atoms with van der Waals surface area (Å²) in [7, 11) is 0. The third kappa shape index (κ3) is 4.07. The molecule has 6 aromatic rings. The van der Waals surface area contributed by atoms with Crippen molar-refractivity contribution in [2.75, 3.05) is 0 Å². The summed E-state index contributed by atoms with van der Waals surface area (Å²) >= 11 is 1.74. The zero-order chi connectivity index (χ0) is 30.1. The first kappa shape index (κ1) is 27.0. The number of fused-ring (bicyclic) bond motifs is 8. The van der Waals surface area contributed by atoms with Gasteiger partial charge in [-0.05, 0) is 77.0 Å². The summed E-state index contributed by atoms with van der Waals surface area (Å²) < 4.78 is 22.3. The largest absolute Gasteiger partial charge is 0.472 e. The average molecular weight is 591 g/mol.